The van der Waals surface area contributed by atoms with Crippen molar-refractivity contribution >= 4 is 17.8 Å². The number of phenols is 1. The minimum absolute atomic E-state index is 0.0412. The van der Waals surface area contributed by atoms with E-state index in [0.29, 0.717) is 37.6 Å². The fourth-order valence-electron chi connectivity index (χ4n) is 4.19. The van der Waals surface area contributed by atoms with Gasteiger partial charge in [-0.05, 0) is 68.1 Å². The van der Waals surface area contributed by atoms with Crippen LogP contribution >= 0.6 is 0 Å². The van der Waals surface area contributed by atoms with E-state index in [1.165, 1.54) is 0 Å². The second-order valence-electron chi connectivity index (χ2n) is 10.4. The number of carbonyl (C=O) groups excluding carboxylic acids is 2. The van der Waals surface area contributed by atoms with Gasteiger partial charge in [0.15, 0.2) is 0 Å². The molecule has 2 atom stereocenters. The molecular formula is C28H46N2O5. The minimum Gasteiger partial charge on any atom is -0.508 e. The number of carboxylic acids is 1. The number of phenolic OH excluding ortho intramolecular Hbond substituents is 1. The third-order valence-corrected chi connectivity index (χ3v) is 6.26. The van der Waals surface area contributed by atoms with Gasteiger partial charge in [-0.3, -0.25) is 14.4 Å². The predicted octanol–water partition coefficient (Wildman–Crippen LogP) is 4.92. The van der Waals surface area contributed by atoms with Gasteiger partial charge >= 0.3 is 5.97 Å². The summed E-state index contributed by atoms with van der Waals surface area (Å²) in [5, 5.41) is 24.0. The molecule has 4 N–H and O–H groups in total. The van der Waals surface area contributed by atoms with Crippen LogP contribution in [-0.2, 0) is 20.8 Å². The lowest BCUT2D eigenvalue weighted by molar-refractivity contribution is -0.148. The van der Waals surface area contributed by atoms with Gasteiger partial charge in [-0.1, -0.05) is 52.7 Å². The standard InChI is InChI=1S/C14H25NO3.C14H21NO2/c1-10(2)6-5-9-15-13(16)11-7-3-4-8-12(11)14(17)18;1-11(2)4-3-9-15-14(17)10-12-5-7-13(16)8-6-12/h10-12H,3-9H2,1-2H3,(H,15,16)(H,17,18);5-8,11,16H,3-4,9-10H2,1-2H3,(H,15,17). The van der Waals surface area contributed by atoms with Crippen molar-refractivity contribution in [3.63, 3.8) is 0 Å². The maximum absolute atomic E-state index is 12.0. The van der Waals surface area contributed by atoms with Crippen molar-refractivity contribution < 1.29 is 24.6 Å². The minimum atomic E-state index is -0.822. The summed E-state index contributed by atoms with van der Waals surface area (Å²) in [6.45, 7) is 10.1. The number of carbonyl (C=O) groups is 3. The average Bonchev–Trinajstić information content (AvgIpc) is 2.81. The van der Waals surface area contributed by atoms with Gasteiger partial charge in [-0.25, -0.2) is 0 Å². The fraction of sp³-hybridized carbons (Fsp3) is 0.679. The molecular weight excluding hydrogens is 444 g/mol. The normalized spacial score (nSPS) is 17.4. The lowest BCUT2D eigenvalue weighted by Gasteiger charge is -2.27. The molecule has 7 heteroatoms. The van der Waals surface area contributed by atoms with E-state index in [4.69, 9.17) is 10.2 Å². The zero-order valence-corrected chi connectivity index (χ0v) is 22.0. The molecule has 2 rings (SSSR count). The van der Waals surface area contributed by atoms with Crippen LogP contribution < -0.4 is 10.6 Å². The van der Waals surface area contributed by atoms with Crippen LogP contribution in [0.15, 0.2) is 24.3 Å². The van der Waals surface area contributed by atoms with Crippen LogP contribution in [0.25, 0.3) is 0 Å². The first-order chi connectivity index (χ1) is 16.6. The van der Waals surface area contributed by atoms with Crippen LogP contribution in [0.5, 0.6) is 5.75 Å². The molecule has 2 amide bonds. The molecule has 2 unspecified atom stereocenters. The molecule has 1 fully saturated rings. The van der Waals surface area contributed by atoms with Crippen LogP contribution in [0.4, 0.5) is 0 Å². The smallest absolute Gasteiger partial charge is 0.307 e. The van der Waals surface area contributed by atoms with Crippen LogP contribution in [0.1, 0.15) is 84.6 Å². The summed E-state index contributed by atoms with van der Waals surface area (Å²) in [4.78, 5) is 34.7. The number of benzene rings is 1. The third kappa shape index (κ3) is 13.8. The molecule has 1 saturated carbocycles. The van der Waals surface area contributed by atoms with Gasteiger partial charge in [0.05, 0.1) is 18.3 Å². The van der Waals surface area contributed by atoms with Crippen molar-refractivity contribution in [3.8, 4) is 5.75 Å². The van der Waals surface area contributed by atoms with Gasteiger partial charge in [-0.2, -0.15) is 0 Å². The highest BCUT2D eigenvalue weighted by Crippen LogP contribution is 2.30. The number of aliphatic carboxylic acids is 1. The number of nitrogens with one attached hydrogen (secondary N) is 2. The Labute approximate surface area is 211 Å². The van der Waals surface area contributed by atoms with Gasteiger partial charge in [-0.15, -0.1) is 0 Å². The zero-order valence-electron chi connectivity index (χ0n) is 22.0. The first-order valence-corrected chi connectivity index (χ1v) is 13.1. The highest BCUT2D eigenvalue weighted by Gasteiger charge is 2.35. The number of rotatable bonds is 12. The summed E-state index contributed by atoms with van der Waals surface area (Å²) >= 11 is 0. The van der Waals surface area contributed by atoms with E-state index in [1.807, 2.05) is 0 Å². The molecule has 0 spiro atoms. The summed E-state index contributed by atoms with van der Waals surface area (Å²) < 4.78 is 0. The molecule has 198 valence electrons. The van der Waals surface area contributed by atoms with Gasteiger partial charge in [0.2, 0.25) is 11.8 Å². The second-order valence-corrected chi connectivity index (χ2v) is 10.4. The van der Waals surface area contributed by atoms with Crippen LogP contribution in [-0.4, -0.2) is 41.1 Å². The summed E-state index contributed by atoms with van der Waals surface area (Å²) in [5.41, 5.74) is 0.921. The Bertz CT molecular complexity index is 761. The molecule has 0 radical (unpaired) electrons. The van der Waals surface area contributed by atoms with Crippen molar-refractivity contribution in [2.24, 2.45) is 23.7 Å². The molecule has 0 bridgehead atoms. The molecule has 1 aromatic carbocycles. The molecule has 0 aromatic heterocycles. The quantitative estimate of drug-likeness (QED) is 0.311. The molecule has 35 heavy (non-hydrogen) atoms. The molecule has 1 aliphatic rings. The topological polar surface area (TPSA) is 116 Å². The third-order valence-electron chi connectivity index (χ3n) is 6.26. The van der Waals surface area contributed by atoms with Crippen LogP contribution in [0.2, 0.25) is 0 Å². The fourth-order valence-corrected chi connectivity index (χ4v) is 4.19. The molecule has 7 nitrogen and oxygen atoms in total. The first kappa shape index (κ1) is 30.5. The monoisotopic (exact) mass is 490 g/mol. The maximum atomic E-state index is 12.0. The number of hydrogen-bond acceptors (Lipinski definition) is 4. The van der Waals surface area contributed by atoms with Gasteiger partial charge < -0.3 is 20.8 Å². The summed E-state index contributed by atoms with van der Waals surface area (Å²) in [5.74, 6) is -0.0973. The van der Waals surface area contributed by atoms with E-state index in [9.17, 15) is 14.4 Å². The van der Waals surface area contributed by atoms with Gasteiger partial charge in [0, 0.05) is 13.1 Å². The van der Waals surface area contributed by atoms with E-state index < -0.39 is 11.9 Å². The van der Waals surface area contributed by atoms with Crippen molar-refractivity contribution in [1.29, 1.82) is 0 Å². The second kappa shape index (κ2) is 17.0. The van der Waals surface area contributed by atoms with E-state index in [1.54, 1.807) is 24.3 Å². The Kier molecular flexibility index (Phi) is 14.8. The van der Waals surface area contributed by atoms with E-state index in [2.05, 4.69) is 38.3 Å². The van der Waals surface area contributed by atoms with Crippen LogP contribution in [0, 0.1) is 23.7 Å². The zero-order chi connectivity index (χ0) is 26.2. The Morgan fingerprint density at radius 1 is 0.857 bits per heavy atom. The molecule has 0 heterocycles. The van der Waals surface area contributed by atoms with Crippen molar-refractivity contribution in [2.45, 2.75) is 85.5 Å². The van der Waals surface area contributed by atoms with E-state index in [-0.39, 0.29) is 23.5 Å². The largest absolute Gasteiger partial charge is 0.508 e. The number of aromatic hydroxyl groups is 1. The Hall–Kier alpha value is -2.57. The summed E-state index contributed by atoms with van der Waals surface area (Å²) in [6.07, 6.45) is 7.84. The van der Waals surface area contributed by atoms with Gasteiger partial charge in [0.1, 0.15) is 5.75 Å². The number of amides is 2. The molecule has 0 aliphatic heterocycles. The number of carboxylic acid groups (broad SMARTS) is 1. The Morgan fingerprint density at radius 2 is 1.37 bits per heavy atom. The molecule has 1 aromatic rings. The highest BCUT2D eigenvalue weighted by atomic mass is 16.4. The summed E-state index contributed by atoms with van der Waals surface area (Å²) in [7, 11) is 0. The number of hydrogen-bond donors (Lipinski definition) is 4. The first-order valence-electron chi connectivity index (χ1n) is 13.1. The van der Waals surface area contributed by atoms with E-state index in [0.717, 1.165) is 50.6 Å². The van der Waals surface area contributed by atoms with Crippen molar-refractivity contribution in [2.75, 3.05) is 13.1 Å². The van der Waals surface area contributed by atoms with Crippen molar-refractivity contribution in [1.82, 2.24) is 10.6 Å². The van der Waals surface area contributed by atoms with Crippen LogP contribution in [0.3, 0.4) is 0 Å². The lowest BCUT2D eigenvalue weighted by Crippen LogP contribution is -2.40. The predicted molar refractivity (Wildman–Crippen MR) is 139 cm³/mol. The average molecular weight is 491 g/mol. The SMILES string of the molecule is CC(C)CCCNC(=O)C1CCCCC1C(=O)O.CC(C)CCCNC(=O)Cc1ccc(O)cc1. The summed E-state index contributed by atoms with van der Waals surface area (Å²) in [6, 6.07) is 6.73. The Balaban J connectivity index is 0.000000351. The van der Waals surface area contributed by atoms with Gasteiger partial charge in [0.25, 0.3) is 0 Å². The van der Waals surface area contributed by atoms with E-state index >= 15 is 0 Å². The lowest BCUT2D eigenvalue weighted by atomic mass is 9.78. The molecule has 0 saturated heterocycles. The van der Waals surface area contributed by atoms with Crippen molar-refractivity contribution in [3.05, 3.63) is 29.8 Å². The highest BCUT2D eigenvalue weighted by molar-refractivity contribution is 5.84. The maximum Gasteiger partial charge on any atom is 0.307 e. The Morgan fingerprint density at radius 3 is 1.89 bits per heavy atom. The molecule has 1 aliphatic carbocycles.